The summed E-state index contributed by atoms with van der Waals surface area (Å²) in [5.74, 6) is 0.147. The number of aliphatic hydroxyl groups excluding tert-OH is 1. The molecule has 0 saturated heterocycles. The van der Waals surface area contributed by atoms with Crippen molar-refractivity contribution < 1.29 is 9.90 Å². The summed E-state index contributed by atoms with van der Waals surface area (Å²) < 4.78 is 0. The lowest BCUT2D eigenvalue weighted by atomic mass is 10.2. The van der Waals surface area contributed by atoms with Crippen molar-refractivity contribution >= 4 is 5.78 Å². The van der Waals surface area contributed by atoms with E-state index in [1.807, 2.05) is 18.2 Å². The van der Waals surface area contributed by atoms with Gasteiger partial charge in [-0.3, -0.25) is 0 Å². The van der Waals surface area contributed by atoms with Crippen LogP contribution < -0.4 is 0 Å². The zero-order chi connectivity index (χ0) is 10.8. The van der Waals surface area contributed by atoms with E-state index in [2.05, 4.69) is 19.1 Å². The van der Waals surface area contributed by atoms with Crippen LogP contribution in [0.3, 0.4) is 0 Å². The van der Waals surface area contributed by atoms with E-state index < -0.39 is 0 Å². The maximum atomic E-state index is 10.1. The molecule has 14 heavy (non-hydrogen) atoms. The number of aliphatic hydroxyl groups is 1. The van der Waals surface area contributed by atoms with Crippen LogP contribution in [0.15, 0.2) is 30.3 Å². The van der Waals surface area contributed by atoms with Gasteiger partial charge in [-0.1, -0.05) is 35.9 Å². The van der Waals surface area contributed by atoms with Crippen LogP contribution in [0, 0.1) is 6.92 Å². The standard InChI is InChI=1S/C7H8.C5H10O2/c1-7-5-3-2-4-6-7;1-5(7)3-2-4-6/h2-6H,1H3;6H,2-4H2,1H3. The fourth-order valence-corrected chi connectivity index (χ4v) is 0.862. The molecule has 78 valence electrons. The number of carbonyl (C=O) groups excluding carboxylic acids is 1. The molecule has 0 aliphatic rings. The molecule has 2 nitrogen and oxygen atoms in total. The van der Waals surface area contributed by atoms with Gasteiger partial charge in [-0.15, -0.1) is 0 Å². The minimum atomic E-state index is 0.125. The molecule has 1 aromatic rings. The van der Waals surface area contributed by atoms with Crippen molar-refractivity contribution in [3.8, 4) is 0 Å². The van der Waals surface area contributed by atoms with Crippen LogP contribution in [0.25, 0.3) is 0 Å². The second-order valence-corrected chi connectivity index (χ2v) is 3.18. The van der Waals surface area contributed by atoms with Crippen molar-refractivity contribution in [1.82, 2.24) is 0 Å². The molecular formula is C12H18O2. The van der Waals surface area contributed by atoms with Crippen LogP contribution in [0.1, 0.15) is 25.3 Å². The van der Waals surface area contributed by atoms with Crippen molar-refractivity contribution in [3.05, 3.63) is 35.9 Å². The van der Waals surface area contributed by atoms with E-state index in [1.54, 1.807) is 0 Å². The number of carbonyl (C=O) groups is 1. The van der Waals surface area contributed by atoms with Crippen molar-refractivity contribution in [2.45, 2.75) is 26.7 Å². The summed E-state index contributed by atoms with van der Waals surface area (Å²) in [6.45, 7) is 3.73. The van der Waals surface area contributed by atoms with E-state index in [4.69, 9.17) is 5.11 Å². The van der Waals surface area contributed by atoms with E-state index in [1.165, 1.54) is 12.5 Å². The van der Waals surface area contributed by atoms with E-state index in [-0.39, 0.29) is 12.4 Å². The van der Waals surface area contributed by atoms with E-state index >= 15 is 0 Å². The summed E-state index contributed by atoms with van der Waals surface area (Å²) in [7, 11) is 0. The molecule has 0 saturated carbocycles. The molecule has 2 heteroatoms. The fraction of sp³-hybridized carbons (Fsp3) is 0.417. The molecule has 0 fully saturated rings. The molecule has 0 amide bonds. The highest BCUT2D eigenvalue weighted by molar-refractivity contribution is 5.75. The lowest BCUT2D eigenvalue weighted by Gasteiger charge is -1.86. The number of rotatable bonds is 3. The Kier molecular flexibility index (Phi) is 7.75. The highest BCUT2D eigenvalue weighted by Gasteiger charge is 1.88. The maximum Gasteiger partial charge on any atom is 0.129 e. The zero-order valence-electron chi connectivity index (χ0n) is 8.86. The largest absolute Gasteiger partial charge is 0.396 e. The minimum Gasteiger partial charge on any atom is -0.396 e. The van der Waals surface area contributed by atoms with Crippen molar-refractivity contribution in [3.63, 3.8) is 0 Å². The van der Waals surface area contributed by atoms with Crippen LogP contribution in [-0.2, 0) is 4.79 Å². The van der Waals surface area contributed by atoms with Gasteiger partial charge in [-0.2, -0.15) is 0 Å². The molecule has 1 N–H and O–H groups in total. The van der Waals surface area contributed by atoms with Crippen LogP contribution >= 0.6 is 0 Å². The third-order valence-corrected chi connectivity index (χ3v) is 1.63. The van der Waals surface area contributed by atoms with Crippen LogP contribution in [0.2, 0.25) is 0 Å². The Hall–Kier alpha value is -1.15. The lowest BCUT2D eigenvalue weighted by molar-refractivity contribution is -0.117. The molecule has 0 aliphatic carbocycles. The number of benzene rings is 1. The first kappa shape index (κ1) is 12.8. The molecular weight excluding hydrogens is 176 g/mol. The summed E-state index contributed by atoms with van der Waals surface area (Å²) in [5.41, 5.74) is 1.32. The van der Waals surface area contributed by atoms with Crippen molar-refractivity contribution in [2.75, 3.05) is 6.61 Å². The Morgan fingerprint density at radius 3 is 2.07 bits per heavy atom. The van der Waals surface area contributed by atoms with E-state index in [9.17, 15) is 4.79 Å². The molecule has 0 unspecified atom stereocenters. The SMILES string of the molecule is CC(=O)CCCO.Cc1ccccc1. The summed E-state index contributed by atoms with van der Waals surface area (Å²) in [4.78, 5) is 10.1. The lowest BCUT2D eigenvalue weighted by Crippen LogP contribution is -1.91. The van der Waals surface area contributed by atoms with Gasteiger partial charge in [0.1, 0.15) is 5.78 Å². The van der Waals surface area contributed by atoms with Crippen molar-refractivity contribution in [1.29, 1.82) is 0 Å². The Bertz CT molecular complexity index is 242. The summed E-state index contributed by atoms with van der Waals surface area (Å²) in [5, 5.41) is 8.16. The normalized spacial score (nSPS) is 8.79. The summed E-state index contributed by atoms with van der Waals surface area (Å²) in [6.07, 6.45) is 1.12. The minimum absolute atomic E-state index is 0.125. The third-order valence-electron chi connectivity index (χ3n) is 1.63. The van der Waals surface area contributed by atoms with Gasteiger partial charge in [0.05, 0.1) is 0 Å². The van der Waals surface area contributed by atoms with Crippen LogP contribution in [-0.4, -0.2) is 17.5 Å². The number of aryl methyl sites for hydroxylation is 1. The predicted molar refractivity (Wildman–Crippen MR) is 58.2 cm³/mol. The molecule has 1 rings (SSSR count). The van der Waals surface area contributed by atoms with Gasteiger partial charge in [0.15, 0.2) is 0 Å². The zero-order valence-corrected chi connectivity index (χ0v) is 8.86. The number of hydrogen-bond acceptors (Lipinski definition) is 2. The van der Waals surface area contributed by atoms with Gasteiger partial charge >= 0.3 is 0 Å². The molecule has 0 spiro atoms. The Labute approximate surface area is 85.6 Å². The summed E-state index contributed by atoms with van der Waals surface area (Å²) in [6, 6.07) is 10.3. The highest BCUT2D eigenvalue weighted by Crippen LogP contribution is 1.92. The number of Topliss-reactive ketones (excluding diaryl/α,β-unsaturated/α-hetero) is 1. The molecule has 0 atom stereocenters. The first-order valence-electron chi connectivity index (χ1n) is 4.78. The quantitative estimate of drug-likeness (QED) is 0.802. The van der Waals surface area contributed by atoms with Gasteiger partial charge in [-0.25, -0.2) is 0 Å². The molecule has 0 aliphatic heterocycles. The van der Waals surface area contributed by atoms with Crippen LogP contribution in [0.4, 0.5) is 0 Å². The Morgan fingerprint density at radius 1 is 1.29 bits per heavy atom. The molecule has 0 radical (unpaired) electrons. The van der Waals surface area contributed by atoms with Gasteiger partial charge in [0.2, 0.25) is 0 Å². The number of ketones is 1. The van der Waals surface area contributed by atoms with Gasteiger partial charge in [-0.05, 0) is 20.3 Å². The van der Waals surface area contributed by atoms with Gasteiger partial charge in [0.25, 0.3) is 0 Å². The monoisotopic (exact) mass is 194 g/mol. The second-order valence-electron chi connectivity index (χ2n) is 3.18. The van der Waals surface area contributed by atoms with E-state index in [0.29, 0.717) is 12.8 Å². The van der Waals surface area contributed by atoms with E-state index in [0.717, 1.165) is 0 Å². The summed E-state index contributed by atoms with van der Waals surface area (Å²) >= 11 is 0. The Balaban J connectivity index is 0.000000241. The average molecular weight is 194 g/mol. The predicted octanol–water partition coefficient (Wildman–Crippen LogP) is 2.34. The Morgan fingerprint density at radius 2 is 1.86 bits per heavy atom. The van der Waals surface area contributed by atoms with Gasteiger partial charge in [0, 0.05) is 13.0 Å². The van der Waals surface area contributed by atoms with Crippen molar-refractivity contribution in [2.24, 2.45) is 0 Å². The topological polar surface area (TPSA) is 37.3 Å². The molecule has 1 aromatic carbocycles. The highest BCUT2D eigenvalue weighted by atomic mass is 16.3. The first-order valence-corrected chi connectivity index (χ1v) is 4.78. The van der Waals surface area contributed by atoms with Crippen LogP contribution in [0.5, 0.6) is 0 Å². The third kappa shape index (κ3) is 8.94. The van der Waals surface area contributed by atoms with Gasteiger partial charge < -0.3 is 9.90 Å². The first-order chi connectivity index (χ1) is 6.66. The average Bonchev–Trinajstić information content (AvgIpc) is 2.17. The number of hydrogen-bond donors (Lipinski definition) is 1. The molecule has 0 bridgehead atoms. The second kappa shape index (κ2) is 8.45. The smallest absolute Gasteiger partial charge is 0.129 e. The molecule has 0 heterocycles. The fourth-order valence-electron chi connectivity index (χ4n) is 0.862. The molecule has 0 aromatic heterocycles. The maximum absolute atomic E-state index is 10.1.